The van der Waals surface area contributed by atoms with Crippen molar-refractivity contribution < 1.29 is 19.0 Å². The SMILES string of the molecule is C=CCCO[C@@H](C)C(=O)N1CC2(CCCC2)c2cc3c(cc2[C@H]1C)OCCO3. The summed E-state index contributed by atoms with van der Waals surface area (Å²) >= 11 is 0. The Labute approximate surface area is 167 Å². The minimum Gasteiger partial charge on any atom is -0.486 e. The molecule has 0 radical (unpaired) electrons. The van der Waals surface area contributed by atoms with Crippen molar-refractivity contribution in [3.63, 3.8) is 0 Å². The number of hydrogen-bond acceptors (Lipinski definition) is 4. The van der Waals surface area contributed by atoms with E-state index in [0.717, 1.165) is 37.3 Å². The molecular weight excluding hydrogens is 354 g/mol. The summed E-state index contributed by atoms with van der Waals surface area (Å²) in [5.41, 5.74) is 2.57. The number of ether oxygens (including phenoxy) is 3. The van der Waals surface area contributed by atoms with Gasteiger partial charge < -0.3 is 19.1 Å². The van der Waals surface area contributed by atoms with E-state index < -0.39 is 6.10 Å². The van der Waals surface area contributed by atoms with Crippen LogP contribution in [0.2, 0.25) is 0 Å². The first-order valence-electron chi connectivity index (χ1n) is 10.5. The first kappa shape index (κ1) is 19.3. The van der Waals surface area contributed by atoms with Crippen LogP contribution in [0.5, 0.6) is 11.5 Å². The van der Waals surface area contributed by atoms with Gasteiger partial charge in [-0.05, 0) is 56.4 Å². The maximum absolute atomic E-state index is 13.3. The Morgan fingerprint density at radius 1 is 1.32 bits per heavy atom. The van der Waals surface area contributed by atoms with Crippen LogP contribution >= 0.6 is 0 Å². The second-order valence-electron chi connectivity index (χ2n) is 8.30. The molecule has 1 saturated carbocycles. The topological polar surface area (TPSA) is 48.0 Å². The zero-order valence-electron chi connectivity index (χ0n) is 17.0. The van der Waals surface area contributed by atoms with Gasteiger partial charge in [-0.1, -0.05) is 18.9 Å². The summed E-state index contributed by atoms with van der Waals surface area (Å²) in [6, 6.07) is 4.30. The molecule has 1 amide bonds. The third-order valence-corrected chi connectivity index (χ3v) is 6.56. The number of nitrogens with zero attached hydrogens (tertiary/aromatic N) is 1. The Balaban J connectivity index is 1.67. The normalized spacial score (nSPS) is 23.4. The van der Waals surface area contributed by atoms with Crippen LogP contribution in [0, 0.1) is 0 Å². The summed E-state index contributed by atoms with van der Waals surface area (Å²) in [5.74, 6) is 1.72. The molecule has 0 aromatic heterocycles. The van der Waals surface area contributed by atoms with Crippen molar-refractivity contribution in [1.29, 1.82) is 0 Å². The number of hydrogen-bond donors (Lipinski definition) is 0. The minimum atomic E-state index is -0.445. The molecule has 2 heterocycles. The number of fused-ring (bicyclic) bond motifs is 3. The Kier molecular flexibility index (Phi) is 5.37. The molecule has 2 aliphatic heterocycles. The van der Waals surface area contributed by atoms with Crippen LogP contribution < -0.4 is 9.47 Å². The molecule has 3 aliphatic rings. The standard InChI is InChI=1S/C23H31NO4/c1-4-5-10-26-17(3)22(25)24-15-23(8-6-7-9-23)19-14-21-20(27-11-12-28-21)13-18(19)16(24)2/h4,13-14,16-17H,1,5-12,15H2,2-3H3/t16-,17+/m1/s1. The molecule has 0 unspecified atom stereocenters. The summed E-state index contributed by atoms with van der Waals surface area (Å²) < 4.78 is 17.5. The predicted molar refractivity (Wildman–Crippen MR) is 108 cm³/mol. The average molecular weight is 386 g/mol. The lowest BCUT2D eigenvalue weighted by molar-refractivity contribution is -0.146. The highest BCUT2D eigenvalue weighted by atomic mass is 16.6. The molecule has 2 atom stereocenters. The molecule has 5 nitrogen and oxygen atoms in total. The van der Waals surface area contributed by atoms with Crippen molar-refractivity contribution >= 4 is 5.91 Å². The third kappa shape index (κ3) is 3.30. The largest absolute Gasteiger partial charge is 0.486 e. The predicted octanol–water partition coefficient (Wildman–Crippen LogP) is 4.15. The molecule has 5 heteroatoms. The van der Waals surface area contributed by atoms with E-state index in [1.165, 1.54) is 24.0 Å². The Morgan fingerprint density at radius 2 is 2.00 bits per heavy atom. The zero-order valence-corrected chi connectivity index (χ0v) is 17.0. The molecular formula is C23H31NO4. The van der Waals surface area contributed by atoms with Crippen LogP contribution in [-0.4, -0.2) is 43.3 Å². The Morgan fingerprint density at radius 3 is 2.68 bits per heavy atom. The maximum Gasteiger partial charge on any atom is 0.251 e. The van der Waals surface area contributed by atoms with Gasteiger partial charge in [-0.25, -0.2) is 0 Å². The monoisotopic (exact) mass is 385 g/mol. The van der Waals surface area contributed by atoms with Crippen molar-refractivity contribution in [2.24, 2.45) is 0 Å². The summed E-state index contributed by atoms with van der Waals surface area (Å²) in [7, 11) is 0. The van der Waals surface area contributed by atoms with Crippen molar-refractivity contribution in [3.8, 4) is 11.5 Å². The number of rotatable bonds is 5. The van der Waals surface area contributed by atoms with E-state index in [1.807, 2.05) is 17.9 Å². The number of benzene rings is 1. The van der Waals surface area contributed by atoms with Crippen LogP contribution in [0.4, 0.5) is 0 Å². The first-order valence-corrected chi connectivity index (χ1v) is 10.5. The van der Waals surface area contributed by atoms with E-state index in [-0.39, 0.29) is 17.4 Å². The quantitative estimate of drug-likeness (QED) is 0.564. The summed E-state index contributed by atoms with van der Waals surface area (Å²) in [6.07, 6.45) is 6.76. The minimum absolute atomic E-state index is 0.00462. The molecule has 1 aliphatic carbocycles. The molecule has 0 saturated heterocycles. The van der Waals surface area contributed by atoms with Gasteiger partial charge in [0, 0.05) is 12.0 Å². The van der Waals surface area contributed by atoms with Crippen LogP contribution in [0.25, 0.3) is 0 Å². The summed E-state index contributed by atoms with van der Waals surface area (Å²) in [5, 5.41) is 0. The fraction of sp³-hybridized carbons (Fsp3) is 0.609. The molecule has 0 bridgehead atoms. The Bertz CT molecular complexity index is 753. The zero-order chi connectivity index (χ0) is 19.7. The lowest BCUT2D eigenvalue weighted by atomic mass is 9.71. The number of amides is 1. The van der Waals surface area contributed by atoms with Gasteiger partial charge >= 0.3 is 0 Å². The van der Waals surface area contributed by atoms with Crippen molar-refractivity contribution in [3.05, 3.63) is 35.9 Å². The molecule has 152 valence electrons. The lowest BCUT2D eigenvalue weighted by Crippen LogP contribution is -2.51. The van der Waals surface area contributed by atoms with E-state index in [1.54, 1.807) is 0 Å². The molecule has 1 aromatic rings. The van der Waals surface area contributed by atoms with Crippen molar-refractivity contribution in [1.82, 2.24) is 4.90 Å². The van der Waals surface area contributed by atoms with Gasteiger partial charge in [-0.3, -0.25) is 4.79 Å². The van der Waals surface area contributed by atoms with Crippen molar-refractivity contribution in [2.45, 2.75) is 63.5 Å². The third-order valence-electron chi connectivity index (χ3n) is 6.56. The lowest BCUT2D eigenvalue weighted by Gasteiger charge is -2.47. The smallest absolute Gasteiger partial charge is 0.251 e. The van der Waals surface area contributed by atoms with Gasteiger partial charge in [-0.2, -0.15) is 0 Å². The Hall–Kier alpha value is -2.01. The van der Waals surface area contributed by atoms with Gasteiger partial charge in [-0.15, -0.1) is 6.58 Å². The van der Waals surface area contributed by atoms with Crippen molar-refractivity contribution in [2.75, 3.05) is 26.4 Å². The highest BCUT2D eigenvalue weighted by Crippen LogP contribution is 2.52. The van der Waals surface area contributed by atoms with E-state index in [0.29, 0.717) is 19.8 Å². The molecule has 0 N–H and O–H groups in total. The number of carbonyl (C=O) groups is 1. The van der Waals surface area contributed by atoms with Gasteiger partial charge in [0.2, 0.25) is 0 Å². The molecule has 4 rings (SSSR count). The summed E-state index contributed by atoms with van der Waals surface area (Å²) in [4.78, 5) is 15.3. The molecule has 1 aromatic carbocycles. The van der Waals surface area contributed by atoms with E-state index in [9.17, 15) is 4.79 Å². The highest BCUT2D eigenvalue weighted by molar-refractivity contribution is 5.81. The highest BCUT2D eigenvalue weighted by Gasteiger charge is 2.47. The molecule has 1 fully saturated rings. The first-order chi connectivity index (χ1) is 13.6. The molecule has 1 spiro atoms. The van der Waals surface area contributed by atoms with Gasteiger partial charge in [0.1, 0.15) is 19.3 Å². The van der Waals surface area contributed by atoms with Crippen LogP contribution in [0.3, 0.4) is 0 Å². The van der Waals surface area contributed by atoms with E-state index in [2.05, 4.69) is 25.6 Å². The van der Waals surface area contributed by atoms with Gasteiger partial charge in [0.15, 0.2) is 11.5 Å². The second kappa shape index (κ2) is 7.78. The van der Waals surface area contributed by atoms with Crippen LogP contribution in [0.15, 0.2) is 24.8 Å². The van der Waals surface area contributed by atoms with Gasteiger partial charge in [0.05, 0.1) is 12.6 Å². The fourth-order valence-corrected chi connectivity index (χ4v) is 5.01. The molecule has 28 heavy (non-hydrogen) atoms. The van der Waals surface area contributed by atoms with E-state index in [4.69, 9.17) is 14.2 Å². The summed E-state index contributed by atoms with van der Waals surface area (Å²) in [6.45, 7) is 10.1. The van der Waals surface area contributed by atoms with Gasteiger partial charge in [0.25, 0.3) is 5.91 Å². The van der Waals surface area contributed by atoms with Crippen LogP contribution in [0.1, 0.15) is 63.1 Å². The van der Waals surface area contributed by atoms with E-state index >= 15 is 0 Å². The number of carbonyl (C=O) groups excluding carboxylic acids is 1. The maximum atomic E-state index is 13.3. The van der Waals surface area contributed by atoms with Crippen LogP contribution in [-0.2, 0) is 14.9 Å². The fourth-order valence-electron chi connectivity index (χ4n) is 5.01. The average Bonchev–Trinajstić information content (AvgIpc) is 3.18. The second-order valence-corrected chi connectivity index (χ2v) is 8.30.